The number of benzene rings is 1. The van der Waals surface area contributed by atoms with E-state index in [4.69, 9.17) is 0 Å². The van der Waals surface area contributed by atoms with Gasteiger partial charge in [0.2, 0.25) is 0 Å². The Bertz CT molecular complexity index is 1070. The minimum absolute atomic E-state index is 0.0510. The zero-order valence-electron chi connectivity index (χ0n) is 16.5. The van der Waals surface area contributed by atoms with Crippen LogP contribution in [0.25, 0.3) is 10.9 Å². The van der Waals surface area contributed by atoms with E-state index in [-0.39, 0.29) is 5.43 Å². The van der Waals surface area contributed by atoms with Crippen LogP contribution >= 0.6 is 0 Å². The highest BCUT2D eigenvalue weighted by Crippen LogP contribution is 2.18. The molecule has 2 aromatic heterocycles. The van der Waals surface area contributed by atoms with Crippen LogP contribution < -0.4 is 16.1 Å². The molecule has 0 radical (unpaired) electrons. The highest BCUT2D eigenvalue weighted by molar-refractivity contribution is 5.83. The van der Waals surface area contributed by atoms with Crippen molar-refractivity contribution in [3.8, 4) is 0 Å². The molecule has 5 nitrogen and oxygen atoms in total. The maximum absolute atomic E-state index is 12.9. The van der Waals surface area contributed by atoms with Crippen molar-refractivity contribution in [1.29, 1.82) is 0 Å². The second kappa shape index (κ2) is 9.04. The van der Waals surface area contributed by atoms with E-state index in [1.807, 2.05) is 62.4 Å². The Labute approximate surface area is 165 Å². The highest BCUT2D eigenvalue weighted by atomic mass is 16.1. The molecule has 5 heteroatoms. The van der Waals surface area contributed by atoms with Crippen molar-refractivity contribution >= 4 is 22.4 Å². The number of fused-ring (bicyclic) bond motifs is 1. The van der Waals surface area contributed by atoms with E-state index in [0.717, 1.165) is 34.7 Å². The van der Waals surface area contributed by atoms with E-state index in [1.54, 1.807) is 6.07 Å². The van der Waals surface area contributed by atoms with E-state index < -0.39 is 0 Å². The molecule has 0 aliphatic rings. The number of anilines is 2. The maximum atomic E-state index is 12.9. The normalized spacial score (nSPS) is 11.9. The third-order valence-corrected chi connectivity index (χ3v) is 4.30. The summed E-state index contributed by atoms with van der Waals surface area (Å²) in [4.78, 5) is 20.8. The summed E-state index contributed by atoms with van der Waals surface area (Å²) in [6, 6.07) is 13.4. The Morgan fingerprint density at radius 2 is 2.00 bits per heavy atom. The Hall–Kier alpha value is -3.34. The second-order valence-electron chi connectivity index (χ2n) is 6.59. The highest BCUT2D eigenvalue weighted by Gasteiger charge is 2.10. The van der Waals surface area contributed by atoms with Crippen molar-refractivity contribution in [3.63, 3.8) is 0 Å². The molecular formula is C23H26N4O. The van der Waals surface area contributed by atoms with Crippen LogP contribution in [0.2, 0.25) is 0 Å². The largest absolute Gasteiger partial charge is 0.379 e. The first kappa shape index (κ1) is 19.4. The van der Waals surface area contributed by atoms with E-state index in [0.29, 0.717) is 17.7 Å². The van der Waals surface area contributed by atoms with Crippen molar-refractivity contribution in [3.05, 3.63) is 88.0 Å². The van der Waals surface area contributed by atoms with Crippen molar-refractivity contribution in [1.82, 2.24) is 9.97 Å². The smallest absolute Gasteiger partial charge is 0.193 e. The molecule has 0 saturated heterocycles. The summed E-state index contributed by atoms with van der Waals surface area (Å²) < 4.78 is 0. The molecule has 28 heavy (non-hydrogen) atoms. The third-order valence-electron chi connectivity index (χ3n) is 4.30. The number of hydrogen-bond acceptors (Lipinski definition) is 4. The molecule has 0 unspecified atom stereocenters. The number of aromatic amines is 1. The topological polar surface area (TPSA) is 69.8 Å². The van der Waals surface area contributed by atoms with Crippen LogP contribution in [0.4, 0.5) is 11.5 Å². The second-order valence-corrected chi connectivity index (χ2v) is 6.59. The number of nitrogens with zero attached hydrogens (tertiary/aromatic N) is 1. The Morgan fingerprint density at radius 3 is 2.71 bits per heavy atom. The minimum Gasteiger partial charge on any atom is -0.379 e. The molecule has 144 valence electrons. The standard InChI is InChI=1S/C23H26N4O/c1-4-9-18(10-5-2)26-22-14-21(28)23-19(27-22)13-16(3)25-20(23)15-24-17-11-7-6-8-12-17/h4,6-14,24H,5,15H2,1-3H3,(H2,26,27,28)/b9-4-,18-10+. The molecule has 1 aromatic carbocycles. The fourth-order valence-corrected chi connectivity index (χ4v) is 3.15. The summed E-state index contributed by atoms with van der Waals surface area (Å²) in [6.45, 7) is 6.47. The van der Waals surface area contributed by atoms with Gasteiger partial charge >= 0.3 is 0 Å². The van der Waals surface area contributed by atoms with Crippen LogP contribution in [0, 0.1) is 6.92 Å². The molecule has 0 aliphatic carbocycles. The minimum atomic E-state index is -0.0510. The lowest BCUT2D eigenvalue weighted by Gasteiger charge is -2.12. The molecule has 0 spiro atoms. The van der Waals surface area contributed by atoms with Crippen molar-refractivity contribution in [2.45, 2.75) is 33.7 Å². The fraction of sp³-hybridized carbons (Fsp3) is 0.217. The van der Waals surface area contributed by atoms with Crippen LogP contribution in [-0.2, 0) is 6.54 Å². The van der Waals surface area contributed by atoms with Crippen molar-refractivity contribution in [2.24, 2.45) is 0 Å². The molecule has 3 aromatic rings. The summed E-state index contributed by atoms with van der Waals surface area (Å²) in [5.74, 6) is 0.669. The van der Waals surface area contributed by atoms with Gasteiger partial charge in [0, 0.05) is 23.1 Å². The number of allylic oxidation sites excluding steroid dienone is 3. The van der Waals surface area contributed by atoms with Gasteiger partial charge in [0.25, 0.3) is 0 Å². The fourth-order valence-electron chi connectivity index (χ4n) is 3.15. The van der Waals surface area contributed by atoms with E-state index >= 15 is 0 Å². The molecular weight excluding hydrogens is 348 g/mol. The summed E-state index contributed by atoms with van der Waals surface area (Å²) in [7, 11) is 0. The number of aryl methyl sites for hydroxylation is 1. The van der Waals surface area contributed by atoms with Crippen LogP contribution in [0.1, 0.15) is 31.7 Å². The molecule has 0 amide bonds. The lowest BCUT2D eigenvalue weighted by atomic mass is 10.1. The monoisotopic (exact) mass is 374 g/mol. The quantitative estimate of drug-likeness (QED) is 0.502. The summed E-state index contributed by atoms with van der Waals surface area (Å²) in [5, 5.41) is 7.25. The molecule has 0 bridgehead atoms. The van der Waals surface area contributed by atoms with E-state index in [1.165, 1.54) is 0 Å². The third kappa shape index (κ3) is 4.68. The first-order chi connectivity index (χ1) is 13.6. The average molecular weight is 374 g/mol. The molecule has 2 heterocycles. The van der Waals surface area contributed by atoms with Crippen molar-refractivity contribution < 1.29 is 0 Å². The van der Waals surface area contributed by atoms with Gasteiger partial charge in [-0.1, -0.05) is 37.3 Å². The molecule has 0 fully saturated rings. The van der Waals surface area contributed by atoms with Gasteiger partial charge < -0.3 is 15.6 Å². The van der Waals surface area contributed by atoms with E-state index in [9.17, 15) is 4.79 Å². The number of pyridine rings is 2. The zero-order chi connectivity index (χ0) is 19.9. The molecule has 0 atom stereocenters. The van der Waals surface area contributed by atoms with Gasteiger partial charge in [-0.05, 0) is 44.5 Å². The molecule has 3 rings (SSSR count). The summed E-state index contributed by atoms with van der Waals surface area (Å²) in [6.07, 6.45) is 6.94. The van der Waals surface area contributed by atoms with Crippen molar-refractivity contribution in [2.75, 3.05) is 10.6 Å². The zero-order valence-corrected chi connectivity index (χ0v) is 16.5. The van der Waals surface area contributed by atoms with Crippen LogP contribution in [0.5, 0.6) is 0 Å². The number of rotatable bonds is 7. The Balaban J connectivity index is 1.96. The van der Waals surface area contributed by atoms with Gasteiger partial charge in [0.1, 0.15) is 5.82 Å². The lowest BCUT2D eigenvalue weighted by molar-refractivity contribution is 1.03. The van der Waals surface area contributed by atoms with Gasteiger partial charge in [0.15, 0.2) is 5.43 Å². The lowest BCUT2D eigenvalue weighted by Crippen LogP contribution is -2.13. The summed E-state index contributed by atoms with van der Waals surface area (Å²) in [5.41, 5.74) is 4.28. The van der Waals surface area contributed by atoms with Gasteiger partial charge in [-0.3, -0.25) is 9.78 Å². The molecule has 0 aliphatic heterocycles. The first-order valence-corrected chi connectivity index (χ1v) is 9.53. The SMILES string of the molecule is C/C=C\C(=C/CC)Nc1cc(=O)c2c(CNc3ccccc3)nc(C)cc2[nH]1. The van der Waals surface area contributed by atoms with Crippen LogP contribution in [-0.4, -0.2) is 9.97 Å². The Morgan fingerprint density at radius 1 is 1.21 bits per heavy atom. The number of H-pyrrole nitrogens is 1. The van der Waals surface area contributed by atoms with Gasteiger partial charge in [0.05, 0.1) is 23.1 Å². The van der Waals surface area contributed by atoms with Gasteiger partial charge in [-0.2, -0.15) is 0 Å². The number of nitrogens with one attached hydrogen (secondary N) is 3. The number of para-hydroxylation sites is 1. The Kier molecular flexibility index (Phi) is 6.27. The predicted octanol–water partition coefficient (Wildman–Crippen LogP) is 5.13. The number of hydrogen-bond donors (Lipinski definition) is 3. The summed E-state index contributed by atoms with van der Waals surface area (Å²) >= 11 is 0. The first-order valence-electron chi connectivity index (χ1n) is 9.53. The number of aromatic nitrogens is 2. The van der Waals surface area contributed by atoms with Gasteiger partial charge in [-0.25, -0.2) is 0 Å². The average Bonchev–Trinajstić information content (AvgIpc) is 2.67. The van der Waals surface area contributed by atoms with E-state index in [2.05, 4.69) is 33.6 Å². The molecule has 3 N–H and O–H groups in total. The maximum Gasteiger partial charge on any atom is 0.193 e. The van der Waals surface area contributed by atoms with Gasteiger partial charge in [-0.15, -0.1) is 0 Å². The van der Waals surface area contributed by atoms with Crippen LogP contribution in [0.3, 0.4) is 0 Å². The predicted molar refractivity (Wildman–Crippen MR) is 118 cm³/mol. The molecule has 0 saturated carbocycles. The van der Waals surface area contributed by atoms with Crippen LogP contribution in [0.15, 0.2) is 71.2 Å².